The van der Waals surface area contributed by atoms with E-state index >= 15 is 0 Å². The lowest BCUT2D eigenvalue weighted by molar-refractivity contribution is 0.603. The lowest BCUT2D eigenvalue weighted by Gasteiger charge is -2.09. The van der Waals surface area contributed by atoms with Crippen molar-refractivity contribution in [1.29, 1.82) is 0 Å². The van der Waals surface area contributed by atoms with Gasteiger partial charge in [-0.05, 0) is 38.6 Å². The van der Waals surface area contributed by atoms with Gasteiger partial charge in [-0.25, -0.2) is 4.98 Å². The van der Waals surface area contributed by atoms with Crippen molar-refractivity contribution in [3.05, 3.63) is 38.8 Å². The van der Waals surface area contributed by atoms with Crippen LogP contribution in [0.25, 0.3) is 10.6 Å². The Hall–Kier alpha value is -0.610. The lowest BCUT2D eigenvalue weighted by Crippen LogP contribution is -2.17. The van der Waals surface area contributed by atoms with Gasteiger partial charge in [0.2, 0.25) is 0 Å². The molecule has 1 aromatic carbocycles. The van der Waals surface area contributed by atoms with E-state index < -0.39 is 0 Å². The van der Waals surface area contributed by atoms with Gasteiger partial charge in [0, 0.05) is 26.5 Å². The number of rotatable bonds is 4. The Morgan fingerprint density at radius 3 is 2.47 bits per heavy atom. The zero-order chi connectivity index (χ0) is 14.0. The number of nitrogens with zero attached hydrogens (tertiary/aromatic N) is 1. The maximum atomic E-state index is 6.04. The van der Waals surface area contributed by atoms with Crippen LogP contribution in [0.2, 0.25) is 10.0 Å². The molecule has 0 aliphatic carbocycles. The van der Waals surface area contributed by atoms with Crippen LogP contribution in [-0.4, -0.2) is 11.5 Å². The van der Waals surface area contributed by atoms with Gasteiger partial charge in [0.1, 0.15) is 5.01 Å². The molecule has 1 N–H and O–H groups in total. The Balaban J connectivity index is 2.38. The number of nitrogens with one attached hydrogen (secondary N) is 1. The van der Waals surface area contributed by atoms with E-state index in [1.54, 1.807) is 17.4 Å². The Kier molecular flexibility index (Phi) is 4.85. The van der Waals surface area contributed by atoms with Gasteiger partial charge in [-0.15, -0.1) is 11.3 Å². The first-order valence-corrected chi connectivity index (χ1v) is 7.75. The quantitative estimate of drug-likeness (QED) is 0.849. The van der Waals surface area contributed by atoms with Crippen molar-refractivity contribution in [1.82, 2.24) is 10.3 Å². The highest BCUT2D eigenvalue weighted by Crippen LogP contribution is 2.34. The van der Waals surface area contributed by atoms with Crippen LogP contribution in [0.5, 0.6) is 0 Å². The molecule has 0 saturated carbocycles. The number of thiazole rings is 1. The van der Waals surface area contributed by atoms with Gasteiger partial charge in [-0.2, -0.15) is 0 Å². The predicted octanol–water partition coefficient (Wildman–Crippen LogP) is 5.10. The molecule has 0 spiro atoms. The van der Waals surface area contributed by atoms with E-state index in [0.29, 0.717) is 16.1 Å². The van der Waals surface area contributed by atoms with Gasteiger partial charge < -0.3 is 5.32 Å². The third kappa shape index (κ3) is 3.48. The fraction of sp³-hybridized carbons (Fsp3) is 0.357. The van der Waals surface area contributed by atoms with Gasteiger partial charge in [-0.3, -0.25) is 0 Å². The molecule has 0 bridgehead atoms. The molecule has 0 fully saturated rings. The Labute approximate surface area is 127 Å². The molecular formula is C14H16Cl2N2S. The van der Waals surface area contributed by atoms with Crippen LogP contribution < -0.4 is 5.32 Å². The maximum Gasteiger partial charge on any atom is 0.124 e. The minimum absolute atomic E-state index is 0.311. The van der Waals surface area contributed by atoms with Crippen molar-refractivity contribution < 1.29 is 0 Å². The van der Waals surface area contributed by atoms with Gasteiger partial charge >= 0.3 is 0 Å². The first-order chi connectivity index (χ1) is 9.01. The molecule has 1 atom stereocenters. The minimum Gasteiger partial charge on any atom is -0.310 e. The second kappa shape index (κ2) is 6.23. The summed E-state index contributed by atoms with van der Waals surface area (Å²) in [5, 5.41) is 5.64. The van der Waals surface area contributed by atoms with E-state index in [2.05, 4.69) is 24.1 Å². The topological polar surface area (TPSA) is 24.9 Å². The lowest BCUT2D eigenvalue weighted by atomic mass is 10.2. The second-order valence-corrected chi connectivity index (χ2v) is 6.31. The molecule has 2 rings (SSSR count). The highest BCUT2D eigenvalue weighted by molar-refractivity contribution is 7.15. The zero-order valence-electron chi connectivity index (χ0n) is 11.1. The number of hydrogen-bond acceptors (Lipinski definition) is 3. The Morgan fingerprint density at radius 2 is 1.89 bits per heavy atom. The molecule has 5 heteroatoms. The molecule has 1 aromatic heterocycles. The van der Waals surface area contributed by atoms with Crippen molar-refractivity contribution >= 4 is 34.5 Å². The largest absolute Gasteiger partial charge is 0.310 e. The molecule has 102 valence electrons. The maximum absolute atomic E-state index is 6.04. The van der Waals surface area contributed by atoms with Crippen LogP contribution in [0, 0.1) is 6.92 Å². The fourth-order valence-electron chi connectivity index (χ4n) is 2.01. The summed E-state index contributed by atoms with van der Waals surface area (Å²) in [6.45, 7) is 7.23. The smallest absolute Gasteiger partial charge is 0.124 e. The molecule has 0 aliphatic heterocycles. The van der Waals surface area contributed by atoms with Crippen LogP contribution in [0.1, 0.15) is 30.5 Å². The van der Waals surface area contributed by atoms with Crippen molar-refractivity contribution in [3.8, 4) is 10.6 Å². The normalized spacial score (nSPS) is 12.7. The molecule has 19 heavy (non-hydrogen) atoms. The summed E-state index contributed by atoms with van der Waals surface area (Å²) >= 11 is 13.8. The third-order valence-electron chi connectivity index (χ3n) is 2.85. The summed E-state index contributed by atoms with van der Waals surface area (Å²) in [4.78, 5) is 5.89. The first kappa shape index (κ1) is 14.8. The number of benzene rings is 1. The Bertz CT molecular complexity index is 561. The van der Waals surface area contributed by atoms with Crippen LogP contribution in [0.15, 0.2) is 18.2 Å². The minimum atomic E-state index is 0.311. The monoisotopic (exact) mass is 314 g/mol. The molecule has 0 saturated heterocycles. The highest BCUT2D eigenvalue weighted by Gasteiger charge is 2.15. The van der Waals surface area contributed by atoms with Crippen molar-refractivity contribution in [2.24, 2.45) is 0 Å². The van der Waals surface area contributed by atoms with E-state index in [0.717, 1.165) is 22.8 Å². The predicted molar refractivity (Wildman–Crippen MR) is 84.4 cm³/mol. The van der Waals surface area contributed by atoms with Crippen LogP contribution >= 0.6 is 34.5 Å². The summed E-state index contributed by atoms with van der Waals surface area (Å²) in [6.07, 6.45) is 0. The highest BCUT2D eigenvalue weighted by atomic mass is 35.5. The summed E-state index contributed by atoms with van der Waals surface area (Å²) < 4.78 is 0. The molecule has 0 amide bonds. The molecule has 0 radical (unpaired) electrons. The van der Waals surface area contributed by atoms with Crippen LogP contribution in [0.4, 0.5) is 0 Å². The number of aryl methyl sites for hydroxylation is 1. The van der Waals surface area contributed by atoms with E-state index in [-0.39, 0.29) is 0 Å². The van der Waals surface area contributed by atoms with E-state index in [1.807, 2.05) is 19.1 Å². The second-order valence-electron chi connectivity index (χ2n) is 4.41. The van der Waals surface area contributed by atoms with E-state index in [9.17, 15) is 0 Å². The fourth-order valence-corrected chi connectivity index (χ4v) is 3.62. The standard InChI is InChI=1S/C14H16Cl2N2S/c1-4-17-8(2)13-9(3)18-14(19-13)10-5-11(15)7-12(16)6-10/h5-8,17H,4H2,1-3H3. The number of aromatic nitrogens is 1. The van der Waals surface area contributed by atoms with Gasteiger partial charge in [0.05, 0.1) is 5.69 Å². The average Bonchev–Trinajstić information content (AvgIpc) is 2.70. The SMILES string of the molecule is CCNC(C)c1sc(-c2cc(Cl)cc(Cl)c2)nc1C. The van der Waals surface area contributed by atoms with Gasteiger partial charge in [0.25, 0.3) is 0 Å². The third-order valence-corrected chi connectivity index (χ3v) is 4.67. The number of hydrogen-bond donors (Lipinski definition) is 1. The molecular weight excluding hydrogens is 299 g/mol. The van der Waals surface area contributed by atoms with Gasteiger partial charge in [-0.1, -0.05) is 30.1 Å². The average molecular weight is 315 g/mol. The van der Waals surface area contributed by atoms with E-state index in [4.69, 9.17) is 23.2 Å². The summed E-state index contributed by atoms with van der Waals surface area (Å²) in [5.74, 6) is 0. The molecule has 2 nitrogen and oxygen atoms in total. The zero-order valence-corrected chi connectivity index (χ0v) is 13.5. The first-order valence-electron chi connectivity index (χ1n) is 6.18. The molecule has 2 aromatic rings. The summed E-state index contributed by atoms with van der Waals surface area (Å²) in [5.41, 5.74) is 2.03. The molecule has 0 aliphatic rings. The number of halogens is 2. The van der Waals surface area contributed by atoms with Gasteiger partial charge in [0.15, 0.2) is 0 Å². The van der Waals surface area contributed by atoms with Crippen molar-refractivity contribution in [2.45, 2.75) is 26.8 Å². The summed E-state index contributed by atoms with van der Waals surface area (Å²) in [6, 6.07) is 5.83. The van der Waals surface area contributed by atoms with E-state index in [1.165, 1.54) is 4.88 Å². The molecule has 1 heterocycles. The van der Waals surface area contributed by atoms with Crippen LogP contribution in [0.3, 0.4) is 0 Å². The van der Waals surface area contributed by atoms with Crippen molar-refractivity contribution in [3.63, 3.8) is 0 Å². The Morgan fingerprint density at radius 1 is 1.26 bits per heavy atom. The summed E-state index contributed by atoms with van der Waals surface area (Å²) in [7, 11) is 0. The van der Waals surface area contributed by atoms with Crippen LogP contribution in [-0.2, 0) is 0 Å². The van der Waals surface area contributed by atoms with Crippen molar-refractivity contribution in [2.75, 3.05) is 6.54 Å². The molecule has 1 unspecified atom stereocenters.